The molecule has 0 aliphatic carbocycles. The predicted octanol–water partition coefficient (Wildman–Crippen LogP) is 4.73. The molecule has 5 nitrogen and oxygen atoms in total. The lowest BCUT2D eigenvalue weighted by Gasteiger charge is -2.03. The number of hydrogen-bond acceptors (Lipinski definition) is 7. The highest BCUT2D eigenvalue weighted by Crippen LogP contribution is 2.35. The average molecular weight is 358 g/mol. The molecule has 7 heteroatoms. The van der Waals surface area contributed by atoms with Gasteiger partial charge in [0.25, 0.3) is 0 Å². The first-order chi connectivity index (χ1) is 11.6. The lowest BCUT2D eigenvalue weighted by atomic mass is 10.1. The van der Waals surface area contributed by atoms with Crippen LogP contribution in [0.25, 0.3) is 9.75 Å². The molecule has 124 valence electrons. The zero-order chi connectivity index (χ0) is 17.1. The molecule has 24 heavy (non-hydrogen) atoms. The summed E-state index contributed by atoms with van der Waals surface area (Å²) in [6.45, 7) is 6.00. The Balaban J connectivity index is 1.73. The number of anilines is 1. The number of thiazole rings is 2. The highest BCUT2D eigenvalue weighted by Gasteiger charge is 2.11. The molecule has 0 aliphatic heterocycles. The number of rotatable bonds is 5. The van der Waals surface area contributed by atoms with Gasteiger partial charge >= 0.3 is 0 Å². The minimum atomic E-state index is 0.767. The van der Waals surface area contributed by atoms with Gasteiger partial charge in [-0.1, -0.05) is 11.3 Å². The standard InChI is InChI=1S/C17H18N4OS2/c1-10(13-5-7-14(22-4)8-6-13)20-21-17-18-9-15(24-17)16-11(2)19-12(3)23-16/h5-9H,1-4H3,(H,18,21)/b20-10+. The van der Waals surface area contributed by atoms with Crippen LogP contribution >= 0.6 is 22.7 Å². The second-order valence-electron chi connectivity index (χ2n) is 5.21. The molecule has 0 radical (unpaired) electrons. The SMILES string of the molecule is COc1ccc(/C(C)=N/Nc2ncc(-c3sc(C)nc3C)s2)cc1. The molecular formula is C17H18N4OS2. The van der Waals surface area contributed by atoms with Crippen molar-refractivity contribution in [3.05, 3.63) is 46.7 Å². The highest BCUT2D eigenvalue weighted by molar-refractivity contribution is 7.23. The predicted molar refractivity (Wildman–Crippen MR) is 102 cm³/mol. The fraction of sp³-hybridized carbons (Fsp3) is 0.235. The second-order valence-corrected chi connectivity index (χ2v) is 7.45. The number of nitrogens with one attached hydrogen (secondary N) is 1. The quantitative estimate of drug-likeness (QED) is 0.529. The molecule has 0 amide bonds. The third-order valence-electron chi connectivity index (χ3n) is 3.46. The molecule has 0 aliphatic rings. The van der Waals surface area contributed by atoms with Crippen LogP contribution in [0, 0.1) is 13.8 Å². The van der Waals surface area contributed by atoms with Gasteiger partial charge in [0.2, 0.25) is 5.13 Å². The van der Waals surface area contributed by atoms with Gasteiger partial charge in [0.1, 0.15) is 5.75 Å². The maximum atomic E-state index is 5.17. The van der Waals surface area contributed by atoms with Gasteiger partial charge in [-0.15, -0.1) is 11.3 Å². The second kappa shape index (κ2) is 7.11. The average Bonchev–Trinajstić information content (AvgIpc) is 3.18. The van der Waals surface area contributed by atoms with Crippen molar-refractivity contribution >= 4 is 33.5 Å². The van der Waals surface area contributed by atoms with Crippen LogP contribution in [0.5, 0.6) is 5.75 Å². The van der Waals surface area contributed by atoms with Crippen molar-refractivity contribution in [1.29, 1.82) is 0 Å². The van der Waals surface area contributed by atoms with E-state index in [1.807, 2.05) is 51.2 Å². The number of methoxy groups -OCH3 is 1. The van der Waals surface area contributed by atoms with Gasteiger partial charge in [0.15, 0.2) is 0 Å². The van der Waals surface area contributed by atoms with Crippen molar-refractivity contribution < 1.29 is 4.74 Å². The number of aryl methyl sites for hydroxylation is 2. The van der Waals surface area contributed by atoms with E-state index in [1.54, 1.807) is 29.8 Å². The molecule has 0 unspecified atom stereocenters. The summed E-state index contributed by atoms with van der Waals surface area (Å²) in [5.41, 5.74) is 6.01. The Labute approximate surface area is 149 Å². The summed E-state index contributed by atoms with van der Waals surface area (Å²) in [6.07, 6.45) is 1.87. The van der Waals surface area contributed by atoms with E-state index in [1.165, 1.54) is 4.88 Å². The monoisotopic (exact) mass is 358 g/mol. The normalized spacial score (nSPS) is 11.6. The van der Waals surface area contributed by atoms with Crippen LogP contribution in [0.1, 0.15) is 23.2 Å². The zero-order valence-corrected chi connectivity index (χ0v) is 15.6. The van der Waals surface area contributed by atoms with Crippen molar-refractivity contribution in [3.8, 4) is 15.5 Å². The molecule has 0 bridgehead atoms. The third-order valence-corrected chi connectivity index (χ3v) is 5.61. The maximum absolute atomic E-state index is 5.17. The summed E-state index contributed by atoms with van der Waals surface area (Å²) in [6, 6.07) is 7.81. The van der Waals surface area contributed by atoms with E-state index in [9.17, 15) is 0 Å². The van der Waals surface area contributed by atoms with E-state index in [0.717, 1.165) is 37.7 Å². The molecule has 0 saturated carbocycles. The number of aromatic nitrogens is 2. The summed E-state index contributed by atoms with van der Waals surface area (Å²) in [5, 5.41) is 6.25. The van der Waals surface area contributed by atoms with Crippen LogP contribution in [-0.2, 0) is 0 Å². The summed E-state index contributed by atoms with van der Waals surface area (Å²) < 4.78 is 5.17. The number of ether oxygens (including phenoxy) is 1. The molecule has 3 aromatic rings. The lowest BCUT2D eigenvalue weighted by Crippen LogP contribution is -1.99. The minimum Gasteiger partial charge on any atom is -0.497 e. The Morgan fingerprint density at radius 3 is 2.54 bits per heavy atom. The Hall–Kier alpha value is -2.25. The van der Waals surface area contributed by atoms with E-state index >= 15 is 0 Å². The molecule has 1 aromatic carbocycles. The first-order valence-electron chi connectivity index (χ1n) is 7.42. The van der Waals surface area contributed by atoms with Crippen LogP contribution in [0.3, 0.4) is 0 Å². The van der Waals surface area contributed by atoms with E-state index in [0.29, 0.717) is 0 Å². The fourth-order valence-electron chi connectivity index (χ4n) is 2.22. The molecule has 2 aromatic heterocycles. The van der Waals surface area contributed by atoms with Gasteiger partial charge in [-0.25, -0.2) is 9.97 Å². The van der Waals surface area contributed by atoms with E-state index < -0.39 is 0 Å². The first kappa shape index (κ1) is 16.6. The number of benzene rings is 1. The third kappa shape index (κ3) is 3.63. The Morgan fingerprint density at radius 1 is 1.17 bits per heavy atom. The van der Waals surface area contributed by atoms with Crippen LogP contribution in [0.15, 0.2) is 35.6 Å². The molecule has 0 spiro atoms. The Bertz CT molecular complexity index is 865. The first-order valence-corrected chi connectivity index (χ1v) is 9.05. The molecule has 3 rings (SSSR count). The smallest absolute Gasteiger partial charge is 0.203 e. The van der Waals surface area contributed by atoms with Crippen molar-refractivity contribution in [2.24, 2.45) is 5.10 Å². The van der Waals surface area contributed by atoms with Gasteiger partial charge in [0.05, 0.1) is 33.3 Å². The largest absolute Gasteiger partial charge is 0.497 e. The maximum Gasteiger partial charge on any atom is 0.203 e. The lowest BCUT2D eigenvalue weighted by molar-refractivity contribution is 0.415. The van der Waals surface area contributed by atoms with Crippen LogP contribution < -0.4 is 10.2 Å². The fourth-order valence-corrected chi connectivity index (χ4v) is 4.04. The van der Waals surface area contributed by atoms with Crippen molar-refractivity contribution in [2.75, 3.05) is 12.5 Å². The Morgan fingerprint density at radius 2 is 1.92 bits per heavy atom. The van der Waals surface area contributed by atoms with E-state index in [-0.39, 0.29) is 0 Å². The van der Waals surface area contributed by atoms with Crippen molar-refractivity contribution in [3.63, 3.8) is 0 Å². The van der Waals surface area contributed by atoms with Crippen LogP contribution in [0.4, 0.5) is 5.13 Å². The summed E-state index contributed by atoms with van der Waals surface area (Å²) in [7, 11) is 1.66. The highest BCUT2D eigenvalue weighted by atomic mass is 32.1. The van der Waals surface area contributed by atoms with Gasteiger partial charge in [-0.2, -0.15) is 5.10 Å². The topological polar surface area (TPSA) is 59.4 Å². The summed E-state index contributed by atoms with van der Waals surface area (Å²) in [5.74, 6) is 0.833. The van der Waals surface area contributed by atoms with E-state index in [4.69, 9.17) is 4.74 Å². The zero-order valence-electron chi connectivity index (χ0n) is 14.0. The van der Waals surface area contributed by atoms with Crippen molar-refractivity contribution in [2.45, 2.75) is 20.8 Å². The minimum absolute atomic E-state index is 0.767. The number of hydrazone groups is 1. The van der Waals surface area contributed by atoms with Crippen molar-refractivity contribution in [1.82, 2.24) is 9.97 Å². The van der Waals surface area contributed by atoms with Gasteiger partial charge < -0.3 is 4.74 Å². The van der Waals surface area contributed by atoms with E-state index in [2.05, 4.69) is 20.5 Å². The van der Waals surface area contributed by atoms with Crippen LogP contribution in [0.2, 0.25) is 0 Å². The number of hydrogen-bond donors (Lipinski definition) is 1. The molecule has 1 N–H and O–H groups in total. The molecule has 0 atom stereocenters. The van der Waals surface area contributed by atoms with Gasteiger partial charge in [0, 0.05) is 6.20 Å². The number of nitrogens with zero attached hydrogens (tertiary/aromatic N) is 3. The summed E-state index contributed by atoms with van der Waals surface area (Å²) >= 11 is 3.27. The van der Waals surface area contributed by atoms with Crippen LogP contribution in [-0.4, -0.2) is 22.8 Å². The summed E-state index contributed by atoms with van der Waals surface area (Å²) in [4.78, 5) is 11.1. The molecule has 0 saturated heterocycles. The van der Waals surface area contributed by atoms with Gasteiger partial charge in [-0.05, 0) is 50.6 Å². The van der Waals surface area contributed by atoms with Gasteiger partial charge in [-0.3, -0.25) is 5.43 Å². The molecule has 0 fully saturated rings. The molecule has 2 heterocycles. The molecular weight excluding hydrogens is 340 g/mol. The Kier molecular flexibility index (Phi) is 4.92.